The Labute approximate surface area is 136 Å². The Morgan fingerprint density at radius 3 is 2.75 bits per heavy atom. The van der Waals surface area contributed by atoms with Crippen molar-refractivity contribution in [2.45, 2.75) is 6.42 Å². The van der Waals surface area contributed by atoms with Crippen LogP contribution in [0.4, 0.5) is 5.69 Å². The van der Waals surface area contributed by atoms with Crippen LogP contribution in [0.1, 0.15) is 15.9 Å². The number of hydrogen-bond acceptors (Lipinski definition) is 5. The van der Waals surface area contributed by atoms with Gasteiger partial charge in [0.2, 0.25) is 6.79 Å². The zero-order valence-corrected chi connectivity index (χ0v) is 12.4. The number of nitro groups is 1. The van der Waals surface area contributed by atoms with Crippen LogP contribution in [0.3, 0.4) is 0 Å². The van der Waals surface area contributed by atoms with Crippen LogP contribution in [-0.2, 0) is 6.42 Å². The summed E-state index contributed by atoms with van der Waals surface area (Å²) in [5.74, 6) is 0.543. The summed E-state index contributed by atoms with van der Waals surface area (Å²) in [7, 11) is 0. The summed E-state index contributed by atoms with van der Waals surface area (Å²) in [6, 6.07) is 10.2. The highest BCUT2D eigenvalue weighted by Crippen LogP contribution is 2.38. The maximum absolute atomic E-state index is 12.6. The zero-order valence-electron chi connectivity index (χ0n) is 12.4. The lowest BCUT2D eigenvalue weighted by Gasteiger charge is -2.04. The first-order valence-corrected chi connectivity index (χ1v) is 7.29. The highest BCUT2D eigenvalue weighted by atomic mass is 16.7. The van der Waals surface area contributed by atoms with Crippen molar-refractivity contribution in [3.8, 4) is 11.5 Å². The van der Waals surface area contributed by atoms with E-state index in [2.05, 4.69) is 4.98 Å². The number of ether oxygens (including phenoxy) is 2. The smallest absolute Gasteiger partial charge is 0.277 e. The first-order valence-electron chi connectivity index (χ1n) is 7.29. The maximum Gasteiger partial charge on any atom is 0.277 e. The first kappa shape index (κ1) is 14.3. The molecule has 2 aromatic carbocycles. The SMILES string of the molecule is O=C(Cc1cc2c(cc1[N+](=O)[O-])OCO2)c1c[nH]c2ccccc12. The molecular formula is C17H12N2O5. The summed E-state index contributed by atoms with van der Waals surface area (Å²) in [4.78, 5) is 26.5. The summed E-state index contributed by atoms with van der Waals surface area (Å²) < 4.78 is 10.4. The second-order valence-corrected chi connectivity index (χ2v) is 5.44. The lowest BCUT2D eigenvalue weighted by Crippen LogP contribution is -2.05. The number of rotatable bonds is 4. The van der Waals surface area contributed by atoms with Crippen LogP contribution in [-0.4, -0.2) is 22.5 Å². The van der Waals surface area contributed by atoms with Gasteiger partial charge in [-0.15, -0.1) is 0 Å². The van der Waals surface area contributed by atoms with Gasteiger partial charge in [-0.05, 0) is 12.1 Å². The van der Waals surface area contributed by atoms with E-state index in [9.17, 15) is 14.9 Å². The van der Waals surface area contributed by atoms with Crippen LogP contribution >= 0.6 is 0 Å². The predicted octanol–water partition coefficient (Wildman–Crippen LogP) is 3.23. The van der Waals surface area contributed by atoms with Crippen molar-refractivity contribution in [3.05, 3.63) is 63.8 Å². The van der Waals surface area contributed by atoms with Crippen LogP contribution in [0.2, 0.25) is 0 Å². The number of nitro benzene ring substituents is 1. The average molecular weight is 324 g/mol. The van der Waals surface area contributed by atoms with E-state index >= 15 is 0 Å². The number of aromatic amines is 1. The number of carbonyl (C=O) groups excluding carboxylic acids is 1. The fourth-order valence-electron chi connectivity index (χ4n) is 2.86. The number of hydrogen-bond donors (Lipinski definition) is 1. The second kappa shape index (κ2) is 5.38. The van der Waals surface area contributed by atoms with Crippen molar-refractivity contribution < 1.29 is 19.2 Å². The molecule has 1 N–H and O–H groups in total. The van der Waals surface area contributed by atoms with Gasteiger partial charge in [0.1, 0.15) is 0 Å². The van der Waals surface area contributed by atoms with Crippen molar-refractivity contribution in [1.29, 1.82) is 0 Å². The molecule has 120 valence electrons. The predicted molar refractivity (Wildman–Crippen MR) is 85.6 cm³/mol. The molecular weight excluding hydrogens is 312 g/mol. The lowest BCUT2D eigenvalue weighted by atomic mass is 10.0. The minimum atomic E-state index is -0.514. The van der Waals surface area contributed by atoms with Gasteiger partial charge in [0.15, 0.2) is 17.3 Å². The van der Waals surface area contributed by atoms with Gasteiger partial charge in [0, 0.05) is 34.6 Å². The van der Waals surface area contributed by atoms with Gasteiger partial charge in [0.05, 0.1) is 11.0 Å². The number of para-hydroxylation sites is 1. The van der Waals surface area contributed by atoms with Crippen molar-refractivity contribution in [3.63, 3.8) is 0 Å². The Balaban J connectivity index is 1.72. The van der Waals surface area contributed by atoms with Crippen molar-refractivity contribution >= 4 is 22.4 Å². The van der Waals surface area contributed by atoms with E-state index in [1.54, 1.807) is 6.20 Å². The van der Waals surface area contributed by atoms with Gasteiger partial charge >= 0.3 is 0 Å². The Bertz CT molecular complexity index is 976. The Morgan fingerprint density at radius 1 is 1.21 bits per heavy atom. The van der Waals surface area contributed by atoms with Crippen LogP contribution in [0, 0.1) is 10.1 Å². The monoisotopic (exact) mass is 324 g/mol. The van der Waals surface area contributed by atoms with Crippen LogP contribution in [0.25, 0.3) is 10.9 Å². The van der Waals surface area contributed by atoms with E-state index in [1.165, 1.54) is 12.1 Å². The minimum Gasteiger partial charge on any atom is -0.454 e. The summed E-state index contributed by atoms with van der Waals surface area (Å²) in [5, 5.41) is 12.1. The molecule has 0 fully saturated rings. The molecule has 0 radical (unpaired) electrons. The quantitative estimate of drug-likeness (QED) is 0.452. The average Bonchev–Trinajstić information content (AvgIpc) is 3.20. The third-order valence-corrected chi connectivity index (χ3v) is 4.01. The number of benzene rings is 2. The molecule has 1 aliphatic rings. The molecule has 0 saturated heterocycles. The summed E-state index contributed by atoms with van der Waals surface area (Å²) in [6.45, 7) is 0.0202. The fraction of sp³-hybridized carbons (Fsp3) is 0.118. The number of ketones is 1. The summed E-state index contributed by atoms with van der Waals surface area (Å²) >= 11 is 0. The molecule has 0 bridgehead atoms. The van der Waals surface area contributed by atoms with E-state index in [-0.39, 0.29) is 24.7 Å². The molecule has 24 heavy (non-hydrogen) atoms. The third-order valence-electron chi connectivity index (χ3n) is 4.01. The summed E-state index contributed by atoms with van der Waals surface area (Å²) in [6.07, 6.45) is 1.54. The standard InChI is InChI=1S/C17H12N2O5/c20-15(12-8-18-13-4-2-1-3-11(12)13)5-10-6-16-17(24-9-23-16)7-14(10)19(21)22/h1-4,6-8,18H,5,9H2. The molecule has 3 aromatic rings. The minimum absolute atomic E-state index is 0.0202. The Morgan fingerprint density at radius 2 is 1.96 bits per heavy atom. The number of carbonyl (C=O) groups is 1. The van der Waals surface area contributed by atoms with E-state index in [1.807, 2.05) is 24.3 Å². The largest absolute Gasteiger partial charge is 0.454 e. The van der Waals surface area contributed by atoms with Crippen LogP contribution in [0.15, 0.2) is 42.6 Å². The van der Waals surface area contributed by atoms with E-state index in [0.717, 1.165) is 10.9 Å². The van der Waals surface area contributed by atoms with Gasteiger partial charge in [-0.3, -0.25) is 14.9 Å². The molecule has 0 aliphatic carbocycles. The topological polar surface area (TPSA) is 94.5 Å². The summed E-state index contributed by atoms with van der Waals surface area (Å²) in [5.41, 5.74) is 1.52. The fourth-order valence-corrected chi connectivity index (χ4v) is 2.86. The third kappa shape index (κ3) is 2.26. The molecule has 7 nitrogen and oxygen atoms in total. The molecule has 0 unspecified atom stereocenters. The van der Waals surface area contributed by atoms with E-state index in [0.29, 0.717) is 22.6 Å². The van der Waals surface area contributed by atoms with Crippen LogP contribution in [0.5, 0.6) is 11.5 Å². The van der Waals surface area contributed by atoms with Crippen molar-refractivity contribution in [2.24, 2.45) is 0 Å². The van der Waals surface area contributed by atoms with Crippen LogP contribution < -0.4 is 9.47 Å². The molecule has 2 heterocycles. The number of nitrogens with one attached hydrogen (secondary N) is 1. The highest BCUT2D eigenvalue weighted by Gasteiger charge is 2.25. The number of H-pyrrole nitrogens is 1. The Kier molecular flexibility index (Phi) is 3.19. The zero-order chi connectivity index (χ0) is 16.7. The molecule has 0 spiro atoms. The molecule has 0 saturated carbocycles. The number of Topliss-reactive ketones (excluding diaryl/α,β-unsaturated/α-hetero) is 1. The highest BCUT2D eigenvalue weighted by molar-refractivity contribution is 6.08. The lowest BCUT2D eigenvalue weighted by molar-refractivity contribution is -0.385. The molecule has 1 aliphatic heterocycles. The number of nitrogens with zero attached hydrogens (tertiary/aromatic N) is 1. The molecule has 1 aromatic heterocycles. The van der Waals surface area contributed by atoms with Crippen molar-refractivity contribution in [1.82, 2.24) is 4.98 Å². The second-order valence-electron chi connectivity index (χ2n) is 5.44. The van der Waals surface area contributed by atoms with Crippen molar-refractivity contribution in [2.75, 3.05) is 6.79 Å². The van der Waals surface area contributed by atoms with Gasteiger partial charge in [-0.2, -0.15) is 0 Å². The normalized spacial score (nSPS) is 12.5. The molecule has 0 amide bonds. The Hall–Kier alpha value is -3.35. The maximum atomic E-state index is 12.6. The van der Waals surface area contributed by atoms with E-state index < -0.39 is 4.92 Å². The first-order chi connectivity index (χ1) is 11.6. The molecule has 0 atom stereocenters. The van der Waals surface area contributed by atoms with Gasteiger partial charge < -0.3 is 14.5 Å². The van der Waals surface area contributed by atoms with Gasteiger partial charge in [-0.1, -0.05) is 18.2 Å². The number of aromatic nitrogens is 1. The van der Waals surface area contributed by atoms with Gasteiger partial charge in [0.25, 0.3) is 5.69 Å². The van der Waals surface area contributed by atoms with Gasteiger partial charge in [-0.25, -0.2) is 0 Å². The van der Waals surface area contributed by atoms with E-state index in [4.69, 9.17) is 9.47 Å². The molecule has 7 heteroatoms. The number of fused-ring (bicyclic) bond motifs is 2. The molecule has 4 rings (SSSR count).